The summed E-state index contributed by atoms with van der Waals surface area (Å²) < 4.78 is 19.4. The molecule has 3 aromatic rings. The fraction of sp³-hybridized carbons (Fsp3) is 0.235. The average Bonchev–Trinajstić information content (AvgIpc) is 3.23. The van der Waals surface area contributed by atoms with Gasteiger partial charge in [0.25, 0.3) is 5.89 Å². The van der Waals surface area contributed by atoms with Gasteiger partial charge in [-0.1, -0.05) is 18.2 Å². The van der Waals surface area contributed by atoms with Crippen LogP contribution in [0.15, 0.2) is 51.0 Å². The molecule has 0 aliphatic carbocycles. The van der Waals surface area contributed by atoms with Crippen molar-refractivity contribution in [2.45, 2.75) is 20.0 Å². The third-order valence-corrected chi connectivity index (χ3v) is 4.48. The van der Waals surface area contributed by atoms with Gasteiger partial charge in [0, 0.05) is 13.1 Å². The minimum Gasteiger partial charge on any atom is -0.387 e. The highest BCUT2D eigenvalue weighted by molar-refractivity contribution is 7.13. The zero-order valence-corrected chi connectivity index (χ0v) is 14.3. The molecular weight excluding hydrogens is 345 g/mol. The number of benzene rings is 1. The summed E-state index contributed by atoms with van der Waals surface area (Å²) in [6.07, 6.45) is 0. The van der Waals surface area contributed by atoms with Gasteiger partial charge in [-0.25, -0.2) is 9.18 Å². The molecule has 2 aromatic heterocycles. The molecule has 0 aliphatic rings. The summed E-state index contributed by atoms with van der Waals surface area (Å²) in [5.41, 5.74) is 0.682. The summed E-state index contributed by atoms with van der Waals surface area (Å²) in [6.45, 7) is 2.29. The number of hydrogen-bond donors (Lipinski definition) is 0. The van der Waals surface area contributed by atoms with E-state index in [0.717, 1.165) is 9.56 Å². The van der Waals surface area contributed by atoms with E-state index in [1.54, 1.807) is 18.2 Å². The van der Waals surface area contributed by atoms with Crippen LogP contribution in [0.3, 0.4) is 0 Å². The SMILES string of the molecule is CCN(Cc1cccc(F)c1)C(=O)Cn1nc(-c2cccs2)oc1=O. The fourth-order valence-corrected chi connectivity index (χ4v) is 3.01. The van der Waals surface area contributed by atoms with Gasteiger partial charge in [-0.15, -0.1) is 16.4 Å². The maximum absolute atomic E-state index is 13.3. The standard InChI is InChI=1S/C17H16FN3O3S/c1-2-20(10-12-5-3-6-13(18)9-12)15(22)11-21-17(23)24-16(19-21)14-7-4-8-25-14/h3-9H,2,10-11H2,1H3. The molecule has 25 heavy (non-hydrogen) atoms. The smallest absolute Gasteiger partial charge is 0.387 e. The van der Waals surface area contributed by atoms with Crippen molar-refractivity contribution in [1.29, 1.82) is 0 Å². The van der Waals surface area contributed by atoms with Crippen LogP contribution in [-0.2, 0) is 17.9 Å². The Balaban J connectivity index is 1.73. The van der Waals surface area contributed by atoms with Gasteiger partial charge in [0.05, 0.1) is 4.88 Å². The molecule has 0 unspecified atom stereocenters. The van der Waals surface area contributed by atoms with Crippen LogP contribution < -0.4 is 5.76 Å². The Morgan fingerprint density at radius 1 is 1.36 bits per heavy atom. The highest BCUT2D eigenvalue weighted by Gasteiger charge is 2.18. The van der Waals surface area contributed by atoms with Crippen molar-refractivity contribution in [3.63, 3.8) is 0 Å². The van der Waals surface area contributed by atoms with Gasteiger partial charge in [-0.05, 0) is 36.1 Å². The number of thiophene rings is 1. The number of rotatable bonds is 6. The molecule has 3 rings (SSSR count). The number of amides is 1. The van der Waals surface area contributed by atoms with Crippen LogP contribution in [0, 0.1) is 5.82 Å². The van der Waals surface area contributed by atoms with E-state index in [0.29, 0.717) is 12.1 Å². The number of hydrogen-bond acceptors (Lipinski definition) is 5. The maximum atomic E-state index is 13.3. The first-order valence-corrected chi connectivity index (χ1v) is 8.59. The van der Waals surface area contributed by atoms with Crippen LogP contribution in [0.1, 0.15) is 12.5 Å². The van der Waals surface area contributed by atoms with Crippen molar-refractivity contribution in [3.05, 3.63) is 63.7 Å². The van der Waals surface area contributed by atoms with Crippen molar-refractivity contribution in [3.8, 4) is 10.8 Å². The third-order valence-electron chi connectivity index (χ3n) is 3.62. The van der Waals surface area contributed by atoms with Gasteiger partial charge in [-0.3, -0.25) is 4.79 Å². The quantitative estimate of drug-likeness (QED) is 0.677. The van der Waals surface area contributed by atoms with Crippen molar-refractivity contribution in [2.24, 2.45) is 0 Å². The van der Waals surface area contributed by atoms with E-state index < -0.39 is 5.76 Å². The molecule has 0 atom stereocenters. The van der Waals surface area contributed by atoms with Gasteiger partial charge < -0.3 is 9.32 Å². The summed E-state index contributed by atoms with van der Waals surface area (Å²) in [5.74, 6) is -1.13. The van der Waals surface area contributed by atoms with Crippen LogP contribution >= 0.6 is 11.3 Å². The fourth-order valence-electron chi connectivity index (χ4n) is 2.37. The topological polar surface area (TPSA) is 68.3 Å². The Hall–Kier alpha value is -2.74. The first-order chi connectivity index (χ1) is 12.1. The zero-order chi connectivity index (χ0) is 17.8. The summed E-state index contributed by atoms with van der Waals surface area (Å²) in [5, 5.41) is 5.92. The predicted molar refractivity (Wildman–Crippen MR) is 91.6 cm³/mol. The first kappa shape index (κ1) is 17.1. The predicted octanol–water partition coefficient (Wildman–Crippen LogP) is 2.75. The molecular formula is C17H16FN3O3S. The highest BCUT2D eigenvalue weighted by atomic mass is 32.1. The number of aromatic nitrogens is 2. The van der Waals surface area contributed by atoms with Gasteiger partial charge in [0.2, 0.25) is 5.91 Å². The minimum absolute atomic E-state index is 0.195. The number of carbonyl (C=O) groups excluding carboxylic acids is 1. The molecule has 0 fully saturated rings. The first-order valence-electron chi connectivity index (χ1n) is 7.71. The number of likely N-dealkylation sites (N-methyl/N-ethyl adjacent to an activating group) is 1. The Kier molecular flexibility index (Phi) is 5.08. The van der Waals surface area contributed by atoms with E-state index in [-0.39, 0.29) is 30.7 Å². The molecule has 0 saturated carbocycles. The molecule has 0 N–H and O–H groups in total. The molecule has 130 valence electrons. The van der Waals surface area contributed by atoms with Gasteiger partial charge >= 0.3 is 5.76 Å². The Labute approximate surface area is 147 Å². The number of nitrogens with zero attached hydrogens (tertiary/aromatic N) is 3. The lowest BCUT2D eigenvalue weighted by Crippen LogP contribution is -2.35. The Bertz CT molecular complexity index is 917. The second kappa shape index (κ2) is 7.43. The lowest BCUT2D eigenvalue weighted by atomic mass is 10.2. The monoisotopic (exact) mass is 361 g/mol. The molecule has 0 aliphatic heterocycles. The Morgan fingerprint density at radius 3 is 2.88 bits per heavy atom. The molecule has 0 saturated heterocycles. The van der Waals surface area contributed by atoms with Crippen LogP contribution in [0.4, 0.5) is 4.39 Å². The molecule has 1 amide bonds. The summed E-state index contributed by atoms with van der Waals surface area (Å²) in [6, 6.07) is 9.68. The average molecular weight is 361 g/mol. The second-order valence-corrected chi connectivity index (χ2v) is 6.29. The maximum Gasteiger partial charge on any atom is 0.437 e. The molecule has 0 spiro atoms. The van der Waals surface area contributed by atoms with E-state index >= 15 is 0 Å². The molecule has 0 radical (unpaired) electrons. The third kappa shape index (κ3) is 4.03. The van der Waals surface area contributed by atoms with E-state index in [2.05, 4.69) is 5.10 Å². The second-order valence-electron chi connectivity index (χ2n) is 5.35. The van der Waals surface area contributed by atoms with Crippen LogP contribution in [0.2, 0.25) is 0 Å². The number of halogens is 1. The molecule has 0 bridgehead atoms. The van der Waals surface area contributed by atoms with Crippen LogP contribution in [-0.4, -0.2) is 27.1 Å². The van der Waals surface area contributed by atoms with Crippen molar-refractivity contribution in [1.82, 2.24) is 14.7 Å². The van der Waals surface area contributed by atoms with Gasteiger partial charge in [0.15, 0.2) is 0 Å². The lowest BCUT2D eigenvalue weighted by molar-refractivity contribution is -0.132. The van der Waals surface area contributed by atoms with E-state index in [9.17, 15) is 14.0 Å². The van der Waals surface area contributed by atoms with Crippen molar-refractivity contribution < 1.29 is 13.6 Å². The largest absolute Gasteiger partial charge is 0.437 e. The van der Waals surface area contributed by atoms with Crippen LogP contribution in [0.25, 0.3) is 10.8 Å². The van der Waals surface area contributed by atoms with E-state index in [1.807, 2.05) is 18.4 Å². The normalized spacial score (nSPS) is 10.8. The Morgan fingerprint density at radius 2 is 2.20 bits per heavy atom. The van der Waals surface area contributed by atoms with Crippen molar-refractivity contribution in [2.75, 3.05) is 6.54 Å². The van der Waals surface area contributed by atoms with Crippen molar-refractivity contribution >= 4 is 17.2 Å². The zero-order valence-electron chi connectivity index (χ0n) is 13.5. The van der Waals surface area contributed by atoms with Gasteiger partial charge in [-0.2, -0.15) is 4.68 Å². The molecule has 2 heterocycles. The van der Waals surface area contributed by atoms with Crippen LogP contribution in [0.5, 0.6) is 0 Å². The number of carbonyl (C=O) groups is 1. The minimum atomic E-state index is -0.682. The van der Waals surface area contributed by atoms with Gasteiger partial charge in [0.1, 0.15) is 12.4 Å². The molecule has 8 heteroatoms. The molecule has 1 aromatic carbocycles. The molecule has 6 nitrogen and oxygen atoms in total. The summed E-state index contributed by atoms with van der Waals surface area (Å²) in [4.78, 5) is 26.6. The lowest BCUT2D eigenvalue weighted by Gasteiger charge is -2.20. The van der Waals surface area contributed by atoms with E-state index in [1.165, 1.54) is 28.4 Å². The highest BCUT2D eigenvalue weighted by Crippen LogP contribution is 2.21. The summed E-state index contributed by atoms with van der Waals surface area (Å²) in [7, 11) is 0. The van der Waals surface area contributed by atoms with E-state index in [4.69, 9.17) is 4.42 Å². The summed E-state index contributed by atoms with van der Waals surface area (Å²) >= 11 is 1.39.